The number of carbonyl (C=O) groups is 1. The van der Waals surface area contributed by atoms with E-state index in [9.17, 15) is 4.79 Å². The van der Waals surface area contributed by atoms with Crippen LogP contribution in [0.25, 0.3) is 0 Å². The predicted molar refractivity (Wildman–Crippen MR) is 64.4 cm³/mol. The molecule has 0 spiro atoms. The Morgan fingerprint density at radius 2 is 2.25 bits per heavy atom. The van der Waals surface area contributed by atoms with Crippen LogP contribution in [-0.2, 0) is 0 Å². The number of pyridine rings is 1. The minimum absolute atomic E-state index is 0.241. The summed E-state index contributed by atoms with van der Waals surface area (Å²) in [6, 6.07) is 1.86. The Bertz CT molecular complexity index is 386. The molecular formula is C14H19NO. The van der Waals surface area contributed by atoms with Crippen LogP contribution >= 0.6 is 0 Å². The van der Waals surface area contributed by atoms with E-state index >= 15 is 0 Å². The second-order valence-electron chi connectivity index (χ2n) is 5.02. The summed E-state index contributed by atoms with van der Waals surface area (Å²) in [5.41, 5.74) is 1.87. The van der Waals surface area contributed by atoms with Gasteiger partial charge in [0, 0.05) is 23.9 Å². The molecule has 16 heavy (non-hydrogen) atoms. The number of aryl methyl sites for hydroxylation is 1. The van der Waals surface area contributed by atoms with Crippen LogP contribution in [0.2, 0.25) is 0 Å². The molecule has 1 heterocycles. The topological polar surface area (TPSA) is 30.0 Å². The molecule has 0 amide bonds. The van der Waals surface area contributed by atoms with Gasteiger partial charge in [-0.1, -0.05) is 19.8 Å². The fourth-order valence-electron chi connectivity index (χ4n) is 2.64. The minimum Gasteiger partial charge on any atom is -0.294 e. The van der Waals surface area contributed by atoms with Gasteiger partial charge in [0.15, 0.2) is 5.78 Å². The van der Waals surface area contributed by atoms with Gasteiger partial charge >= 0.3 is 0 Å². The maximum absolute atomic E-state index is 12.3. The molecule has 0 N–H and O–H groups in total. The second-order valence-corrected chi connectivity index (χ2v) is 5.02. The van der Waals surface area contributed by atoms with Crippen LogP contribution in [0, 0.1) is 18.8 Å². The first-order valence-corrected chi connectivity index (χ1v) is 6.13. The molecule has 0 bridgehead atoms. The van der Waals surface area contributed by atoms with Gasteiger partial charge in [0.25, 0.3) is 0 Å². The third kappa shape index (κ3) is 2.31. The molecule has 2 nitrogen and oxygen atoms in total. The van der Waals surface area contributed by atoms with E-state index in [1.54, 1.807) is 12.4 Å². The van der Waals surface area contributed by atoms with E-state index in [4.69, 9.17) is 0 Å². The molecule has 0 saturated heterocycles. The van der Waals surface area contributed by atoms with Gasteiger partial charge in [0.05, 0.1) is 0 Å². The van der Waals surface area contributed by atoms with Crippen molar-refractivity contribution in [1.29, 1.82) is 0 Å². The van der Waals surface area contributed by atoms with Crippen molar-refractivity contribution in [2.45, 2.75) is 39.5 Å². The summed E-state index contributed by atoms with van der Waals surface area (Å²) in [5.74, 6) is 1.26. The molecule has 2 unspecified atom stereocenters. The van der Waals surface area contributed by atoms with E-state index in [1.165, 1.54) is 12.8 Å². The number of hydrogen-bond acceptors (Lipinski definition) is 2. The van der Waals surface area contributed by atoms with Gasteiger partial charge in [0.2, 0.25) is 0 Å². The van der Waals surface area contributed by atoms with Crippen LogP contribution in [0.5, 0.6) is 0 Å². The molecule has 2 atom stereocenters. The highest BCUT2D eigenvalue weighted by molar-refractivity contribution is 5.99. The molecule has 86 valence electrons. The average Bonchev–Trinajstić information content (AvgIpc) is 2.29. The van der Waals surface area contributed by atoms with Gasteiger partial charge in [-0.15, -0.1) is 0 Å². The Kier molecular flexibility index (Phi) is 3.37. The van der Waals surface area contributed by atoms with E-state index in [1.807, 2.05) is 13.0 Å². The highest BCUT2D eigenvalue weighted by Gasteiger charge is 2.26. The quantitative estimate of drug-likeness (QED) is 0.711. The number of ketones is 1. The zero-order chi connectivity index (χ0) is 11.5. The van der Waals surface area contributed by atoms with E-state index < -0.39 is 0 Å². The van der Waals surface area contributed by atoms with Crippen LogP contribution in [0.4, 0.5) is 0 Å². The number of rotatable bonds is 2. The molecule has 0 radical (unpaired) electrons. The summed E-state index contributed by atoms with van der Waals surface area (Å²) in [7, 11) is 0. The predicted octanol–water partition coefficient (Wildman–Crippen LogP) is 3.40. The molecule has 1 fully saturated rings. The highest BCUT2D eigenvalue weighted by Crippen LogP contribution is 2.31. The van der Waals surface area contributed by atoms with Crippen molar-refractivity contribution in [1.82, 2.24) is 4.98 Å². The van der Waals surface area contributed by atoms with Crippen LogP contribution in [0.15, 0.2) is 18.5 Å². The van der Waals surface area contributed by atoms with Crippen molar-refractivity contribution in [2.75, 3.05) is 0 Å². The first-order chi connectivity index (χ1) is 7.68. The number of carbonyl (C=O) groups excluding carboxylic acids is 1. The van der Waals surface area contributed by atoms with Crippen molar-refractivity contribution >= 4 is 5.78 Å². The smallest absolute Gasteiger partial charge is 0.166 e. The molecular weight excluding hydrogens is 198 g/mol. The zero-order valence-corrected chi connectivity index (χ0v) is 10.1. The summed E-state index contributed by atoms with van der Waals surface area (Å²) in [6.45, 7) is 4.21. The summed E-state index contributed by atoms with van der Waals surface area (Å²) in [4.78, 5) is 16.4. The Labute approximate surface area is 97.1 Å². The number of nitrogens with zero attached hydrogens (tertiary/aromatic N) is 1. The minimum atomic E-state index is 0.241. The lowest BCUT2D eigenvalue weighted by atomic mass is 9.78. The molecule has 1 aromatic heterocycles. The van der Waals surface area contributed by atoms with Gasteiger partial charge in [-0.05, 0) is 37.3 Å². The Morgan fingerprint density at radius 1 is 1.44 bits per heavy atom. The first kappa shape index (κ1) is 11.3. The van der Waals surface area contributed by atoms with Crippen molar-refractivity contribution in [3.63, 3.8) is 0 Å². The summed E-state index contributed by atoms with van der Waals surface area (Å²) in [6.07, 6.45) is 8.08. The van der Waals surface area contributed by atoms with Crippen molar-refractivity contribution in [2.24, 2.45) is 11.8 Å². The molecule has 1 aromatic rings. The fraction of sp³-hybridized carbons (Fsp3) is 0.571. The van der Waals surface area contributed by atoms with E-state index in [2.05, 4.69) is 11.9 Å². The third-order valence-corrected chi connectivity index (χ3v) is 3.59. The largest absolute Gasteiger partial charge is 0.294 e. The summed E-state index contributed by atoms with van der Waals surface area (Å²) < 4.78 is 0. The lowest BCUT2D eigenvalue weighted by Gasteiger charge is -2.25. The fourth-order valence-corrected chi connectivity index (χ4v) is 2.64. The van der Waals surface area contributed by atoms with Crippen molar-refractivity contribution in [3.05, 3.63) is 29.6 Å². The molecule has 2 rings (SSSR count). The van der Waals surface area contributed by atoms with Crippen LogP contribution in [0.3, 0.4) is 0 Å². The Hall–Kier alpha value is -1.18. The lowest BCUT2D eigenvalue weighted by molar-refractivity contribution is 0.0867. The van der Waals surface area contributed by atoms with Gasteiger partial charge in [-0.3, -0.25) is 9.78 Å². The average molecular weight is 217 g/mol. The number of aromatic nitrogens is 1. The standard InChI is InChI=1S/C14H19NO/c1-10-4-3-5-12(8-10)14(16)13-6-7-15-9-11(13)2/h6-7,9-10,12H,3-5,8H2,1-2H3. The molecule has 0 aliphatic heterocycles. The number of hydrogen-bond donors (Lipinski definition) is 0. The second kappa shape index (κ2) is 4.77. The Morgan fingerprint density at radius 3 is 2.94 bits per heavy atom. The zero-order valence-electron chi connectivity index (χ0n) is 10.1. The maximum Gasteiger partial charge on any atom is 0.166 e. The van der Waals surface area contributed by atoms with Crippen LogP contribution in [-0.4, -0.2) is 10.8 Å². The normalized spacial score (nSPS) is 25.4. The van der Waals surface area contributed by atoms with Gasteiger partial charge in [-0.25, -0.2) is 0 Å². The van der Waals surface area contributed by atoms with Crippen LogP contribution in [0.1, 0.15) is 48.5 Å². The van der Waals surface area contributed by atoms with Crippen molar-refractivity contribution < 1.29 is 4.79 Å². The Balaban J connectivity index is 2.16. The summed E-state index contributed by atoms with van der Waals surface area (Å²) >= 11 is 0. The first-order valence-electron chi connectivity index (χ1n) is 6.13. The summed E-state index contributed by atoms with van der Waals surface area (Å²) in [5, 5.41) is 0. The van der Waals surface area contributed by atoms with Gasteiger partial charge in [0.1, 0.15) is 0 Å². The van der Waals surface area contributed by atoms with Crippen LogP contribution < -0.4 is 0 Å². The molecule has 1 aliphatic carbocycles. The lowest BCUT2D eigenvalue weighted by Crippen LogP contribution is -2.22. The number of Topliss-reactive ketones (excluding diaryl/α,β-unsaturated/α-hetero) is 1. The SMILES string of the molecule is Cc1cnccc1C(=O)C1CCCC(C)C1. The molecule has 1 saturated carbocycles. The molecule has 1 aliphatic rings. The van der Waals surface area contributed by atoms with Gasteiger partial charge < -0.3 is 0 Å². The van der Waals surface area contributed by atoms with E-state index in [0.717, 1.165) is 24.0 Å². The highest BCUT2D eigenvalue weighted by atomic mass is 16.1. The van der Waals surface area contributed by atoms with Crippen molar-refractivity contribution in [3.8, 4) is 0 Å². The molecule has 0 aromatic carbocycles. The maximum atomic E-state index is 12.3. The monoisotopic (exact) mass is 217 g/mol. The van der Waals surface area contributed by atoms with Gasteiger partial charge in [-0.2, -0.15) is 0 Å². The third-order valence-electron chi connectivity index (χ3n) is 3.59. The van der Waals surface area contributed by atoms with E-state index in [0.29, 0.717) is 11.7 Å². The van der Waals surface area contributed by atoms with E-state index in [-0.39, 0.29) is 5.92 Å². The molecule has 2 heteroatoms.